The number of fused-ring (bicyclic) bond motifs is 1. The second-order valence-electron chi connectivity index (χ2n) is 11.5. The van der Waals surface area contributed by atoms with Gasteiger partial charge in [0.25, 0.3) is 0 Å². The third-order valence-corrected chi connectivity index (χ3v) is 8.66. The van der Waals surface area contributed by atoms with Crippen LogP contribution in [0.25, 0.3) is 10.8 Å². The minimum Gasteiger partial charge on any atom is -0.480 e. The predicted molar refractivity (Wildman–Crippen MR) is 181 cm³/mol. The number of thioether (sulfide) groups is 1. The lowest BCUT2D eigenvalue weighted by Gasteiger charge is -2.32. The Hall–Kier alpha value is -3.89. The van der Waals surface area contributed by atoms with Crippen LogP contribution in [0.4, 0.5) is 0 Å². The molecule has 0 saturated carbocycles. The molecular formula is C35H46N4O5S. The molecule has 0 fully saturated rings. The number of carboxylic acids is 1. The lowest BCUT2D eigenvalue weighted by atomic mass is 9.97. The summed E-state index contributed by atoms with van der Waals surface area (Å²) in [7, 11) is 0. The molecule has 0 aliphatic carbocycles. The van der Waals surface area contributed by atoms with Crippen molar-refractivity contribution in [3.63, 3.8) is 0 Å². The Bertz CT molecular complexity index is 1410. The van der Waals surface area contributed by atoms with Crippen molar-refractivity contribution >= 4 is 46.2 Å². The van der Waals surface area contributed by atoms with E-state index in [1.807, 2.05) is 90.9 Å². The molecule has 0 aliphatic heterocycles. The van der Waals surface area contributed by atoms with Gasteiger partial charge in [-0.1, -0.05) is 93.1 Å². The van der Waals surface area contributed by atoms with E-state index in [0.717, 1.165) is 28.3 Å². The third kappa shape index (κ3) is 11.5. The van der Waals surface area contributed by atoms with E-state index in [1.54, 1.807) is 0 Å². The molecule has 1 unspecified atom stereocenters. The van der Waals surface area contributed by atoms with Gasteiger partial charge in [-0.15, -0.1) is 0 Å². The summed E-state index contributed by atoms with van der Waals surface area (Å²) >= 11 is 1.53. The Morgan fingerprint density at radius 2 is 1.53 bits per heavy atom. The standard InChI is InChI=1S/C35H46N4O5S/c1-5-25(2)32(37-34(42)24-39(26(3)40)20-27-12-7-6-8-13-27)22-38(23-33(41)36-31(35(43)44)18-19-45-4)21-29-16-11-15-28-14-9-10-17-30(28)29/h6-17,25,31-32H,5,18-24H2,1-4H3,(H,36,41)(H,37,42)(H,43,44)/t25?,31-,32+/m0/s1. The summed E-state index contributed by atoms with van der Waals surface area (Å²) in [5, 5.41) is 17.7. The van der Waals surface area contributed by atoms with E-state index >= 15 is 0 Å². The van der Waals surface area contributed by atoms with Crippen LogP contribution in [-0.2, 0) is 32.3 Å². The molecule has 3 atom stereocenters. The van der Waals surface area contributed by atoms with Gasteiger partial charge >= 0.3 is 5.97 Å². The van der Waals surface area contributed by atoms with Gasteiger partial charge in [0, 0.05) is 32.6 Å². The summed E-state index contributed by atoms with van der Waals surface area (Å²) in [6.07, 6.45) is 3.01. The summed E-state index contributed by atoms with van der Waals surface area (Å²) in [5.41, 5.74) is 1.96. The number of aliphatic carboxylic acids is 1. The van der Waals surface area contributed by atoms with Crippen molar-refractivity contribution in [2.45, 2.75) is 58.8 Å². The van der Waals surface area contributed by atoms with E-state index in [0.29, 0.717) is 31.8 Å². The summed E-state index contributed by atoms with van der Waals surface area (Å²) in [6.45, 7) is 6.54. The van der Waals surface area contributed by atoms with E-state index in [4.69, 9.17) is 0 Å². The first-order valence-electron chi connectivity index (χ1n) is 15.4. The topological polar surface area (TPSA) is 119 Å². The van der Waals surface area contributed by atoms with Crippen LogP contribution in [0, 0.1) is 5.92 Å². The van der Waals surface area contributed by atoms with Gasteiger partial charge in [0.05, 0.1) is 13.1 Å². The summed E-state index contributed by atoms with van der Waals surface area (Å²) in [4.78, 5) is 54.4. The second-order valence-corrected chi connectivity index (χ2v) is 12.5. The van der Waals surface area contributed by atoms with Crippen LogP contribution in [-0.4, -0.2) is 82.3 Å². The van der Waals surface area contributed by atoms with Crippen molar-refractivity contribution in [2.24, 2.45) is 5.92 Å². The van der Waals surface area contributed by atoms with Gasteiger partial charge in [0.1, 0.15) is 6.04 Å². The van der Waals surface area contributed by atoms with E-state index in [9.17, 15) is 24.3 Å². The summed E-state index contributed by atoms with van der Waals surface area (Å²) < 4.78 is 0. The molecule has 0 heterocycles. The molecule has 3 aromatic rings. The van der Waals surface area contributed by atoms with Crippen molar-refractivity contribution < 1.29 is 24.3 Å². The van der Waals surface area contributed by atoms with Gasteiger partial charge in [-0.3, -0.25) is 19.3 Å². The molecule has 0 aliphatic rings. The normalized spacial score (nSPS) is 13.2. The Morgan fingerprint density at radius 1 is 0.867 bits per heavy atom. The molecule has 45 heavy (non-hydrogen) atoms. The average Bonchev–Trinajstić information content (AvgIpc) is 3.02. The quantitative estimate of drug-likeness (QED) is 0.188. The average molecular weight is 635 g/mol. The fraction of sp³-hybridized carbons (Fsp3) is 0.429. The zero-order valence-corrected chi connectivity index (χ0v) is 27.5. The van der Waals surface area contributed by atoms with Gasteiger partial charge in [0.15, 0.2) is 0 Å². The van der Waals surface area contributed by atoms with E-state index in [1.165, 1.54) is 23.6 Å². The van der Waals surface area contributed by atoms with Gasteiger partial charge in [-0.2, -0.15) is 11.8 Å². The number of nitrogens with one attached hydrogen (secondary N) is 2. The van der Waals surface area contributed by atoms with Crippen molar-refractivity contribution in [3.8, 4) is 0 Å². The minimum atomic E-state index is -1.06. The lowest BCUT2D eigenvalue weighted by molar-refractivity contribution is -0.142. The molecule has 3 amide bonds. The van der Waals surface area contributed by atoms with Gasteiger partial charge in [-0.05, 0) is 46.2 Å². The third-order valence-electron chi connectivity index (χ3n) is 8.01. The number of carboxylic acid groups (broad SMARTS) is 1. The second kappa shape index (κ2) is 18.2. The number of amides is 3. The highest BCUT2D eigenvalue weighted by molar-refractivity contribution is 7.98. The zero-order chi connectivity index (χ0) is 32.8. The molecular weight excluding hydrogens is 588 g/mol. The molecule has 0 spiro atoms. The zero-order valence-electron chi connectivity index (χ0n) is 26.7. The summed E-state index contributed by atoms with van der Waals surface area (Å²) in [5.74, 6) is -1.24. The van der Waals surface area contributed by atoms with Crippen molar-refractivity contribution in [1.29, 1.82) is 0 Å². The molecule has 9 nitrogen and oxygen atoms in total. The highest BCUT2D eigenvalue weighted by Crippen LogP contribution is 2.21. The molecule has 0 saturated heterocycles. The molecule has 0 radical (unpaired) electrons. The maximum Gasteiger partial charge on any atom is 0.326 e. The van der Waals surface area contributed by atoms with Crippen molar-refractivity contribution in [1.82, 2.24) is 20.4 Å². The SMILES string of the molecule is CCC(C)[C@@H](CN(CC(=O)N[C@@H](CCSC)C(=O)O)Cc1cccc2ccccc12)NC(=O)CN(Cc1ccccc1)C(C)=O. The first-order chi connectivity index (χ1) is 21.6. The number of rotatable bonds is 18. The molecule has 3 N–H and O–H groups in total. The molecule has 3 aromatic carbocycles. The Kier molecular flexibility index (Phi) is 14.4. The molecule has 0 aromatic heterocycles. The maximum absolute atomic E-state index is 13.4. The first kappa shape index (κ1) is 35.6. The predicted octanol–water partition coefficient (Wildman–Crippen LogP) is 4.54. The Balaban J connectivity index is 1.82. The van der Waals surface area contributed by atoms with E-state index < -0.39 is 12.0 Å². The number of hydrogen-bond acceptors (Lipinski definition) is 6. The number of carbonyl (C=O) groups is 4. The Morgan fingerprint density at radius 3 is 2.20 bits per heavy atom. The largest absolute Gasteiger partial charge is 0.480 e. The van der Waals surface area contributed by atoms with E-state index in [2.05, 4.69) is 17.6 Å². The number of benzene rings is 3. The number of hydrogen-bond donors (Lipinski definition) is 3. The highest BCUT2D eigenvalue weighted by atomic mass is 32.2. The van der Waals surface area contributed by atoms with Crippen molar-refractivity contribution in [3.05, 3.63) is 83.9 Å². The maximum atomic E-state index is 13.4. The fourth-order valence-electron chi connectivity index (χ4n) is 5.23. The molecule has 3 rings (SSSR count). The van der Waals surface area contributed by atoms with Gasteiger partial charge in [0.2, 0.25) is 17.7 Å². The fourth-order valence-corrected chi connectivity index (χ4v) is 5.70. The lowest BCUT2D eigenvalue weighted by Crippen LogP contribution is -2.52. The van der Waals surface area contributed by atoms with Crippen LogP contribution in [0.5, 0.6) is 0 Å². The smallest absolute Gasteiger partial charge is 0.326 e. The van der Waals surface area contributed by atoms with Crippen molar-refractivity contribution in [2.75, 3.05) is 31.6 Å². The van der Waals surface area contributed by atoms with E-state index in [-0.39, 0.29) is 42.8 Å². The van der Waals surface area contributed by atoms with Crippen LogP contribution < -0.4 is 10.6 Å². The van der Waals surface area contributed by atoms with Crippen LogP contribution >= 0.6 is 11.8 Å². The van der Waals surface area contributed by atoms with Gasteiger partial charge < -0.3 is 20.6 Å². The van der Waals surface area contributed by atoms with Gasteiger partial charge in [-0.25, -0.2) is 4.79 Å². The number of carbonyl (C=O) groups excluding carboxylic acids is 3. The van der Waals surface area contributed by atoms with Crippen LogP contribution in [0.1, 0.15) is 44.7 Å². The van der Waals surface area contributed by atoms with Crippen LogP contribution in [0.15, 0.2) is 72.8 Å². The first-order valence-corrected chi connectivity index (χ1v) is 16.8. The Labute approximate surface area is 270 Å². The van der Waals surface area contributed by atoms with Crippen LogP contribution in [0.2, 0.25) is 0 Å². The molecule has 0 bridgehead atoms. The number of nitrogens with zero attached hydrogens (tertiary/aromatic N) is 2. The highest BCUT2D eigenvalue weighted by Gasteiger charge is 2.26. The van der Waals surface area contributed by atoms with Crippen LogP contribution in [0.3, 0.4) is 0 Å². The summed E-state index contributed by atoms with van der Waals surface area (Å²) in [6, 6.07) is 22.3. The minimum absolute atomic E-state index is 0.0390. The monoisotopic (exact) mass is 634 g/mol. The molecule has 242 valence electrons. The molecule has 10 heteroatoms.